The molecular formula is C17H11ClN4O5S. The number of ether oxygens (including phenoxy) is 1. The summed E-state index contributed by atoms with van der Waals surface area (Å²) < 4.78 is 4.92. The van der Waals surface area contributed by atoms with Crippen molar-refractivity contribution in [2.75, 3.05) is 11.9 Å². The summed E-state index contributed by atoms with van der Waals surface area (Å²) >= 11 is 6.84. The third kappa shape index (κ3) is 4.87. The van der Waals surface area contributed by atoms with Crippen LogP contribution in [0.1, 0.15) is 10.4 Å². The summed E-state index contributed by atoms with van der Waals surface area (Å²) in [4.78, 5) is 42.2. The number of pyridine rings is 1. The molecule has 1 N–H and O–H groups in total. The lowest BCUT2D eigenvalue weighted by Crippen LogP contribution is -2.20. The fourth-order valence-electron chi connectivity index (χ4n) is 2.14. The number of esters is 1. The van der Waals surface area contributed by atoms with Crippen molar-refractivity contribution in [3.05, 3.63) is 68.8 Å². The lowest BCUT2D eigenvalue weighted by Gasteiger charge is -2.04. The molecule has 0 radical (unpaired) electrons. The molecule has 142 valence electrons. The number of nitrogens with one attached hydrogen (secondary N) is 1. The van der Waals surface area contributed by atoms with Crippen molar-refractivity contribution < 1.29 is 19.2 Å². The quantitative estimate of drug-likeness (QED) is 0.281. The van der Waals surface area contributed by atoms with E-state index in [4.69, 9.17) is 16.3 Å². The van der Waals surface area contributed by atoms with Gasteiger partial charge in [0.1, 0.15) is 5.15 Å². The predicted octanol–water partition coefficient (Wildman–Crippen LogP) is 3.56. The summed E-state index contributed by atoms with van der Waals surface area (Å²) in [5, 5.41) is 15.4. The van der Waals surface area contributed by atoms with E-state index >= 15 is 0 Å². The monoisotopic (exact) mass is 418 g/mol. The molecule has 28 heavy (non-hydrogen) atoms. The molecule has 0 spiro atoms. The Bertz CT molecular complexity index is 1060. The van der Waals surface area contributed by atoms with Crippen LogP contribution in [0.25, 0.3) is 11.3 Å². The zero-order chi connectivity index (χ0) is 20.1. The minimum absolute atomic E-state index is 0.0563. The first-order chi connectivity index (χ1) is 13.4. The van der Waals surface area contributed by atoms with Gasteiger partial charge in [0.05, 0.1) is 16.2 Å². The average Bonchev–Trinajstić information content (AvgIpc) is 3.14. The van der Waals surface area contributed by atoms with Gasteiger partial charge >= 0.3 is 5.97 Å². The standard InChI is InChI=1S/C17H11ClN4O5S/c18-14-7-11(4-5-19-14)16(24)27-8-15(23)21-17-20-13(9-28-17)10-2-1-3-12(6-10)22(25)26/h1-7,9H,8H2,(H,20,21,23). The molecule has 11 heteroatoms. The molecule has 0 aliphatic rings. The van der Waals surface area contributed by atoms with Crippen LogP contribution in [-0.2, 0) is 9.53 Å². The van der Waals surface area contributed by atoms with Crippen LogP contribution in [0.15, 0.2) is 48.0 Å². The molecule has 0 fully saturated rings. The number of carbonyl (C=O) groups is 2. The van der Waals surface area contributed by atoms with Crippen LogP contribution >= 0.6 is 22.9 Å². The Kier molecular flexibility index (Phi) is 5.92. The van der Waals surface area contributed by atoms with E-state index in [0.717, 1.165) is 11.3 Å². The molecular weight excluding hydrogens is 408 g/mol. The highest BCUT2D eigenvalue weighted by Crippen LogP contribution is 2.27. The van der Waals surface area contributed by atoms with Crippen molar-refractivity contribution in [1.29, 1.82) is 0 Å². The van der Waals surface area contributed by atoms with E-state index < -0.39 is 23.4 Å². The molecule has 0 atom stereocenters. The van der Waals surface area contributed by atoms with Crippen LogP contribution in [0.2, 0.25) is 5.15 Å². The van der Waals surface area contributed by atoms with Crippen molar-refractivity contribution in [2.24, 2.45) is 0 Å². The van der Waals surface area contributed by atoms with Crippen LogP contribution < -0.4 is 5.32 Å². The van der Waals surface area contributed by atoms with Gasteiger partial charge in [-0.2, -0.15) is 0 Å². The summed E-state index contributed by atoms with van der Waals surface area (Å²) in [6, 6.07) is 8.74. The van der Waals surface area contributed by atoms with Gasteiger partial charge in [-0.05, 0) is 12.1 Å². The number of nitro benzene ring substituents is 1. The van der Waals surface area contributed by atoms with Crippen molar-refractivity contribution in [1.82, 2.24) is 9.97 Å². The normalized spacial score (nSPS) is 10.3. The van der Waals surface area contributed by atoms with Gasteiger partial charge in [0.15, 0.2) is 11.7 Å². The Balaban J connectivity index is 1.59. The van der Waals surface area contributed by atoms with Gasteiger partial charge in [-0.15, -0.1) is 11.3 Å². The highest BCUT2D eigenvalue weighted by Gasteiger charge is 2.14. The number of amides is 1. The van der Waals surface area contributed by atoms with Crippen LogP contribution in [0.4, 0.5) is 10.8 Å². The van der Waals surface area contributed by atoms with Gasteiger partial charge in [0.2, 0.25) is 0 Å². The minimum Gasteiger partial charge on any atom is -0.452 e. The number of hydrogen-bond donors (Lipinski definition) is 1. The third-order valence-electron chi connectivity index (χ3n) is 3.40. The number of nitrogens with zero attached hydrogens (tertiary/aromatic N) is 3. The number of thiazole rings is 1. The van der Waals surface area contributed by atoms with E-state index in [1.54, 1.807) is 17.5 Å². The molecule has 0 aliphatic heterocycles. The number of rotatable bonds is 6. The van der Waals surface area contributed by atoms with E-state index in [2.05, 4.69) is 15.3 Å². The van der Waals surface area contributed by atoms with Gasteiger partial charge in [-0.1, -0.05) is 23.7 Å². The smallest absolute Gasteiger partial charge is 0.338 e. The number of carbonyl (C=O) groups excluding carboxylic acids is 2. The second-order valence-electron chi connectivity index (χ2n) is 5.34. The van der Waals surface area contributed by atoms with Crippen molar-refractivity contribution in [2.45, 2.75) is 0 Å². The summed E-state index contributed by atoms with van der Waals surface area (Å²) in [5.74, 6) is -1.29. The lowest BCUT2D eigenvalue weighted by molar-refractivity contribution is -0.384. The topological polar surface area (TPSA) is 124 Å². The number of halogens is 1. The first-order valence-electron chi connectivity index (χ1n) is 7.71. The average molecular weight is 419 g/mol. The molecule has 0 saturated carbocycles. The van der Waals surface area contributed by atoms with Gasteiger partial charge in [0, 0.05) is 29.3 Å². The number of benzene rings is 1. The molecule has 0 saturated heterocycles. The third-order valence-corrected chi connectivity index (χ3v) is 4.36. The Labute approximate surface area is 167 Å². The molecule has 0 bridgehead atoms. The number of hydrogen-bond acceptors (Lipinski definition) is 8. The van der Waals surface area contributed by atoms with E-state index in [1.165, 1.54) is 30.5 Å². The Hall–Kier alpha value is -3.37. The predicted molar refractivity (Wildman–Crippen MR) is 102 cm³/mol. The Morgan fingerprint density at radius 1 is 1.29 bits per heavy atom. The fraction of sp³-hybridized carbons (Fsp3) is 0.0588. The molecule has 2 heterocycles. The largest absolute Gasteiger partial charge is 0.452 e. The lowest BCUT2D eigenvalue weighted by atomic mass is 10.1. The maximum absolute atomic E-state index is 12.0. The van der Waals surface area contributed by atoms with Crippen molar-refractivity contribution >= 4 is 45.6 Å². The SMILES string of the molecule is O=C(COC(=O)c1ccnc(Cl)c1)Nc1nc(-c2cccc([N+](=O)[O-])c2)cs1. The molecule has 2 aromatic heterocycles. The van der Waals surface area contributed by atoms with Gasteiger partial charge in [0.25, 0.3) is 11.6 Å². The molecule has 0 unspecified atom stereocenters. The number of aromatic nitrogens is 2. The second kappa shape index (κ2) is 8.55. The Morgan fingerprint density at radius 2 is 2.11 bits per heavy atom. The van der Waals surface area contributed by atoms with Crippen LogP contribution in [-0.4, -0.2) is 33.4 Å². The Morgan fingerprint density at radius 3 is 2.86 bits per heavy atom. The highest BCUT2D eigenvalue weighted by molar-refractivity contribution is 7.14. The zero-order valence-corrected chi connectivity index (χ0v) is 15.6. The molecule has 3 rings (SSSR count). The van der Waals surface area contributed by atoms with Crippen LogP contribution in [0.3, 0.4) is 0 Å². The van der Waals surface area contributed by atoms with Crippen LogP contribution in [0, 0.1) is 10.1 Å². The zero-order valence-electron chi connectivity index (χ0n) is 14.0. The van der Waals surface area contributed by atoms with Crippen LogP contribution in [0.5, 0.6) is 0 Å². The maximum atomic E-state index is 12.0. The summed E-state index contributed by atoms with van der Waals surface area (Å²) in [7, 11) is 0. The fourth-order valence-corrected chi connectivity index (χ4v) is 3.05. The minimum atomic E-state index is -0.712. The molecule has 3 aromatic rings. The first-order valence-corrected chi connectivity index (χ1v) is 8.97. The summed E-state index contributed by atoms with van der Waals surface area (Å²) in [6.07, 6.45) is 1.35. The van der Waals surface area contributed by atoms with E-state index in [-0.39, 0.29) is 21.5 Å². The number of anilines is 1. The first kappa shape index (κ1) is 19.4. The second-order valence-corrected chi connectivity index (χ2v) is 6.58. The van der Waals surface area contributed by atoms with E-state index in [9.17, 15) is 19.7 Å². The van der Waals surface area contributed by atoms with Gasteiger partial charge < -0.3 is 4.74 Å². The highest BCUT2D eigenvalue weighted by atomic mass is 35.5. The molecule has 1 aromatic carbocycles. The summed E-state index contributed by atoms with van der Waals surface area (Å²) in [6.45, 7) is -0.509. The van der Waals surface area contributed by atoms with E-state index in [1.807, 2.05) is 0 Å². The van der Waals surface area contributed by atoms with Crippen molar-refractivity contribution in [3.63, 3.8) is 0 Å². The van der Waals surface area contributed by atoms with Gasteiger partial charge in [-0.25, -0.2) is 14.8 Å². The van der Waals surface area contributed by atoms with E-state index in [0.29, 0.717) is 11.3 Å². The molecule has 0 aliphatic carbocycles. The van der Waals surface area contributed by atoms with Gasteiger partial charge in [-0.3, -0.25) is 20.2 Å². The van der Waals surface area contributed by atoms with Crippen molar-refractivity contribution in [3.8, 4) is 11.3 Å². The number of nitro groups is 1. The summed E-state index contributed by atoms with van der Waals surface area (Å²) in [5.41, 5.74) is 1.15. The molecule has 9 nitrogen and oxygen atoms in total. The number of non-ortho nitro benzene ring substituents is 1. The maximum Gasteiger partial charge on any atom is 0.338 e. The molecule has 1 amide bonds.